The molecule has 0 saturated carbocycles. The van der Waals surface area contributed by atoms with Crippen molar-refractivity contribution in [1.29, 1.82) is 0 Å². The van der Waals surface area contributed by atoms with Gasteiger partial charge in [-0.25, -0.2) is 0 Å². The molecule has 0 fully saturated rings. The van der Waals surface area contributed by atoms with Gasteiger partial charge in [0.2, 0.25) is 0 Å². The summed E-state index contributed by atoms with van der Waals surface area (Å²) < 4.78 is 6.27. The normalized spacial score (nSPS) is 12.7. The maximum atomic E-state index is 4.77. The zero-order valence-electron chi connectivity index (χ0n) is 9.82. The van der Waals surface area contributed by atoms with Gasteiger partial charge in [-0.15, -0.1) is 0 Å². The minimum absolute atomic E-state index is 0. The molecule has 1 nitrogen and oxygen atoms in total. The van der Waals surface area contributed by atoms with Crippen LogP contribution in [-0.4, -0.2) is 0 Å². The number of hydrogen-bond acceptors (Lipinski definition) is 1. The second-order valence-corrected chi connectivity index (χ2v) is 5.25. The maximum absolute atomic E-state index is 4.77. The van der Waals surface area contributed by atoms with Gasteiger partial charge in [0.05, 0.1) is 0 Å². The zero-order valence-corrected chi connectivity index (χ0v) is 12.7. The fourth-order valence-corrected chi connectivity index (χ4v) is 2.97. The Kier molecular flexibility index (Phi) is 7.73. The molecule has 0 atom stereocenters. The van der Waals surface area contributed by atoms with Gasteiger partial charge in [-0.3, -0.25) is 0 Å². The van der Waals surface area contributed by atoms with Crippen molar-refractivity contribution in [1.82, 2.24) is 0 Å². The molecule has 1 aliphatic rings. The SMILES string of the molecule is Cc1cccc(C)c1[N]=[V+2][C]1=CC=CC1.[Cl-].[Cl-]. The first-order chi connectivity index (χ1) is 7.27. The second kappa shape index (κ2) is 7.89. The van der Waals surface area contributed by atoms with Crippen molar-refractivity contribution in [2.45, 2.75) is 20.3 Å². The van der Waals surface area contributed by atoms with E-state index in [1.54, 1.807) is 0 Å². The Morgan fingerprint density at radius 1 is 1.12 bits per heavy atom. The summed E-state index contributed by atoms with van der Waals surface area (Å²) in [5.74, 6) is 0. The number of aryl methyl sites for hydroxylation is 2. The van der Waals surface area contributed by atoms with E-state index in [-0.39, 0.29) is 40.9 Å². The molecule has 0 radical (unpaired) electrons. The molecule has 4 heteroatoms. The number of halogens is 2. The van der Waals surface area contributed by atoms with Crippen molar-refractivity contribution in [3.63, 3.8) is 0 Å². The third-order valence-corrected chi connectivity index (χ3v) is 3.86. The smallest absolute Gasteiger partial charge is 1.00 e. The van der Waals surface area contributed by atoms with Crippen LogP contribution in [0.25, 0.3) is 0 Å². The fourth-order valence-electron chi connectivity index (χ4n) is 1.59. The van der Waals surface area contributed by atoms with Crippen molar-refractivity contribution in [2.75, 3.05) is 0 Å². The average molecular weight is 306 g/mol. The molecule has 0 spiro atoms. The summed E-state index contributed by atoms with van der Waals surface area (Å²) in [5.41, 5.74) is 3.78. The number of allylic oxidation sites excluding steroid dienone is 4. The van der Waals surface area contributed by atoms with E-state index in [1.165, 1.54) is 21.1 Å². The molecule has 0 aliphatic heterocycles. The van der Waals surface area contributed by atoms with E-state index < -0.39 is 0 Å². The van der Waals surface area contributed by atoms with Gasteiger partial charge in [-0.05, 0) is 0 Å². The molecule has 0 N–H and O–H groups in total. The second-order valence-electron chi connectivity index (χ2n) is 3.73. The first-order valence-corrected chi connectivity index (χ1v) is 6.43. The molecule has 0 aromatic heterocycles. The van der Waals surface area contributed by atoms with Crippen molar-refractivity contribution in [3.05, 3.63) is 51.8 Å². The predicted molar refractivity (Wildman–Crippen MR) is 59.8 cm³/mol. The Bertz CT molecular complexity index is 444. The van der Waals surface area contributed by atoms with E-state index in [0.29, 0.717) is 0 Å². The molecule has 0 unspecified atom stereocenters. The Hall–Kier alpha value is -0.336. The first-order valence-electron chi connectivity index (χ1n) is 5.11. The summed E-state index contributed by atoms with van der Waals surface area (Å²) in [7, 11) is 0. The van der Waals surface area contributed by atoms with Crippen molar-refractivity contribution < 1.29 is 40.9 Å². The summed E-state index contributed by atoms with van der Waals surface area (Å²) >= 11 is -0.0196. The van der Waals surface area contributed by atoms with Crippen molar-refractivity contribution in [2.24, 2.45) is 3.79 Å². The number of rotatable bonds is 2. The number of nitrogens with zero attached hydrogens (tertiary/aromatic N) is 1. The van der Waals surface area contributed by atoms with Crippen LogP contribution >= 0.6 is 0 Å². The van der Waals surface area contributed by atoms with Gasteiger partial charge in [0.1, 0.15) is 0 Å². The van der Waals surface area contributed by atoms with Crippen LogP contribution in [0.1, 0.15) is 17.5 Å². The Balaban J connectivity index is 0.00000128. The van der Waals surface area contributed by atoms with Crippen LogP contribution in [0.4, 0.5) is 5.69 Å². The largest absolute Gasteiger partial charge is 1.00 e. The molecular formula is C13H14Cl2NV. The summed E-state index contributed by atoms with van der Waals surface area (Å²) in [6, 6.07) is 6.36. The average Bonchev–Trinajstić information content (AvgIpc) is 2.70. The van der Waals surface area contributed by atoms with Gasteiger partial charge in [-0.2, -0.15) is 0 Å². The van der Waals surface area contributed by atoms with E-state index in [2.05, 4.69) is 50.3 Å². The van der Waals surface area contributed by atoms with Crippen LogP contribution in [0, 0.1) is 13.8 Å². The number of benzene rings is 1. The third-order valence-electron chi connectivity index (χ3n) is 2.47. The standard InChI is InChI=1S/C8H9N.C5H5.2ClH.V/c1-6-4-3-5-7(2)8(6)9;1-2-4-5-3-1;;;/h3-5H,1-2H3;1-3H,4H2;2*1H;/q;;;;+2/p-2. The van der Waals surface area contributed by atoms with Gasteiger partial charge in [0.15, 0.2) is 0 Å². The summed E-state index contributed by atoms with van der Waals surface area (Å²) in [5, 5.41) is 0. The fraction of sp³-hybridized carbons (Fsp3) is 0.231. The van der Waals surface area contributed by atoms with Crippen LogP contribution in [0.2, 0.25) is 0 Å². The van der Waals surface area contributed by atoms with E-state index in [0.717, 1.165) is 6.42 Å². The van der Waals surface area contributed by atoms with E-state index >= 15 is 0 Å². The van der Waals surface area contributed by atoms with Gasteiger partial charge >= 0.3 is 97.7 Å². The molecule has 0 heterocycles. The number of hydrogen-bond donors (Lipinski definition) is 0. The summed E-state index contributed by atoms with van der Waals surface area (Å²) in [6.07, 6.45) is 7.64. The molecule has 1 aliphatic carbocycles. The van der Waals surface area contributed by atoms with Crippen molar-refractivity contribution in [3.8, 4) is 0 Å². The zero-order chi connectivity index (χ0) is 10.7. The first kappa shape index (κ1) is 16.7. The quantitative estimate of drug-likeness (QED) is 0.603. The van der Waals surface area contributed by atoms with Gasteiger partial charge < -0.3 is 24.8 Å². The molecule has 1 aromatic carbocycles. The molecule has 2 rings (SSSR count). The van der Waals surface area contributed by atoms with Gasteiger partial charge in [0.25, 0.3) is 0 Å². The molecular weight excluding hydrogens is 292 g/mol. The minimum Gasteiger partial charge on any atom is -1.00 e. The molecule has 0 saturated heterocycles. The van der Waals surface area contributed by atoms with Crippen LogP contribution in [0.5, 0.6) is 0 Å². The summed E-state index contributed by atoms with van der Waals surface area (Å²) in [6.45, 7) is 4.27. The van der Waals surface area contributed by atoms with Gasteiger partial charge in [0, 0.05) is 0 Å². The molecule has 90 valence electrons. The Morgan fingerprint density at radius 3 is 2.29 bits per heavy atom. The molecule has 17 heavy (non-hydrogen) atoms. The molecule has 0 amide bonds. The van der Waals surface area contributed by atoms with Crippen LogP contribution in [0.15, 0.2) is 44.5 Å². The molecule has 0 bridgehead atoms. The topological polar surface area (TPSA) is 12.4 Å². The maximum Gasteiger partial charge on any atom is -1.00 e. The Labute approximate surface area is 122 Å². The van der Waals surface area contributed by atoms with Crippen LogP contribution in [0.3, 0.4) is 0 Å². The Morgan fingerprint density at radius 2 is 1.76 bits per heavy atom. The van der Waals surface area contributed by atoms with Crippen LogP contribution in [-0.2, 0) is 16.1 Å². The predicted octanol–water partition coefficient (Wildman–Crippen LogP) is -1.95. The van der Waals surface area contributed by atoms with Gasteiger partial charge in [-0.1, -0.05) is 0 Å². The van der Waals surface area contributed by atoms with E-state index in [4.69, 9.17) is 3.79 Å². The molecule has 1 aromatic rings. The van der Waals surface area contributed by atoms with Crippen LogP contribution < -0.4 is 24.8 Å². The third kappa shape index (κ3) is 4.44. The van der Waals surface area contributed by atoms with Crippen molar-refractivity contribution >= 4 is 5.69 Å². The minimum atomic E-state index is -0.0196. The summed E-state index contributed by atoms with van der Waals surface area (Å²) in [4.78, 5) is 0. The van der Waals surface area contributed by atoms with E-state index in [9.17, 15) is 0 Å². The van der Waals surface area contributed by atoms with E-state index in [1.807, 2.05) is 0 Å². The monoisotopic (exact) mass is 305 g/mol.